The van der Waals surface area contributed by atoms with Gasteiger partial charge < -0.3 is 75.1 Å². The summed E-state index contributed by atoms with van der Waals surface area (Å²) in [6, 6.07) is 0. The smallest absolute Gasteiger partial charge is 0.186 e. The van der Waals surface area contributed by atoms with Crippen LogP contribution in [-0.2, 0) is 18.9 Å². The van der Waals surface area contributed by atoms with E-state index in [9.17, 15) is 56.2 Å². The third-order valence-electron chi connectivity index (χ3n) is 6.71. The average Bonchev–Trinajstić information content (AvgIpc) is 3.08. The predicted molar refractivity (Wildman–Crippen MR) is 105 cm³/mol. The summed E-state index contributed by atoms with van der Waals surface area (Å²) >= 11 is 0. The summed E-state index contributed by atoms with van der Waals surface area (Å²) in [6.45, 7) is -2.74. The van der Waals surface area contributed by atoms with Gasteiger partial charge in [-0.2, -0.15) is 0 Å². The predicted octanol–water partition coefficient (Wildman–Crippen LogP) is -7.11. The van der Waals surface area contributed by atoms with Gasteiger partial charge in [-0.25, -0.2) is 0 Å². The van der Waals surface area contributed by atoms with Gasteiger partial charge in [0.15, 0.2) is 6.29 Å². The van der Waals surface area contributed by atoms with Gasteiger partial charge in [0.1, 0.15) is 72.7 Å². The lowest BCUT2D eigenvalue weighted by atomic mass is 9.84. The first kappa shape index (κ1) is 28.0. The molecular weight excluding hydrogens is 468 g/mol. The normalized spacial score (nSPS) is 52.1. The van der Waals surface area contributed by atoms with E-state index in [2.05, 4.69) is 0 Å². The molecule has 0 aromatic carbocycles. The monoisotopic (exact) mass is 502 g/mol. The second kappa shape index (κ2) is 11.2. The molecule has 0 radical (unpaired) electrons. The molecule has 15 heteroatoms. The minimum Gasteiger partial charge on any atom is -0.394 e. The fourth-order valence-corrected chi connectivity index (χ4v) is 4.53. The quantitative estimate of drug-likeness (QED) is 0.147. The van der Waals surface area contributed by atoms with Crippen molar-refractivity contribution in [1.29, 1.82) is 0 Å². The van der Waals surface area contributed by atoms with Crippen LogP contribution >= 0.6 is 0 Å². The molecule has 3 aliphatic heterocycles. The molecule has 14 atom stereocenters. The summed E-state index contributed by atoms with van der Waals surface area (Å²) < 4.78 is 21.6. The van der Waals surface area contributed by atoms with Crippen molar-refractivity contribution in [2.75, 3.05) is 26.4 Å². The average molecular weight is 502 g/mol. The molecule has 200 valence electrons. The first-order valence-electron chi connectivity index (χ1n) is 10.9. The molecule has 3 saturated heterocycles. The van der Waals surface area contributed by atoms with Gasteiger partial charge in [-0.1, -0.05) is 0 Å². The third kappa shape index (κ3) is 5.10. The van der Waals surface area contributed by atoms with E-state index in [4.69, 9.17) is 18.9 Å². The van der Waals surface area contributed by atoms with Crippen LogP contribution in [0.4, 0.5) is 0 Å². The number of rotatable bonds is 8. The van der Waals surface area contributed by atoms with Gasteiger partial charge in [0, 0.05) is 6.42 Å². The molecule has 0 aliphatic carbocycles. The second-order valence-corrected chi connectivity index (χ2v) is 8.92. The van der Waals surface area contributed by atoms with Crippen LogP contribution in [0.2, 0.25) is 0 Å². The molecule has 3 rings (SSSR count). The van der Waals surface area contributed by atoms with Crippen LogP contribution in [0.25, 0.3) is 0 Å². The van der Waals surface area contributed by atoms with Gasteiger partial charge in [-0.05, 0) is 0 Å². The molecule has 0 aromatic heterocycles. The molecule has 34 heavy (non-hydrogen) atoms. The Morgan fingerprint density at radius 1 is 0.588 bits per heavy atom. The van der Waals surface area contributed by atoms with E-state index < -0.39 is 118 Å². The summed E-state index contributed by atoms with van der Waals surface area (Å²) in [7, 11) is 0. The molecule has 11 N–H and O–H groups in total. The van der Waals surface area contributed by atoms with Crippen LogP contribution in [0.5, 0.6) is 0 Å². The largest absolute Gasteiger partial charge is 0.394 e. The molecule has 3 fully saturated rings. The lowest BCUT2D eigenvalue weighted by molar-refractivity contribution is -0.315. The summed E-state index contributed by atoms with van der Waals surface area (Å²) in [6.07, 6.45) is -20.6. The molecule has 0 aromatic rings. The van der Waals surface area contributed by atoms with Crippen LogP contribution in [0, 0.1) is 0 Å². The lowest BCUT2D eigenvalue weighted by Crippen LogP contribution is -2.62. The van der Waals surface area contributed by atoms with E-state index in [-0.39, 0.29) is 0 Å². The van der Waals surface area contributed by atoms with Crippen LogP contribution in [0.1, 0.15) is 6.42 Å². The highest BCUT2D eigenvalue weighted by Gasteiger charge is 2.57. The lowest BCUT2D eigenvalue weighted by Gasteiger charge is -2.44. The summed E-state index contributed by atoms with van der Waals surface area (Å²) in [5, 5.41) is 110. The fraction of sp³-hybridized carbons (Fsp3) is 1.00. The Balaban J connectivity index is 1.69. The Morgan fingerprint density at radius 3 is 1.71 bits per heavy atom. The van der Waals surface area contributed by atoms with Crippen molar-refractivity contribution in [3.05, 3.63) is 0 Å². The highest BCUT2D eigenvalue weighted by atomic mass is 16.7. The standard InChI is InChI=1S/C19H34O15/c20-2-7-11(24)15(28)16(29)18(33-7)31-4-9-12(25)14(27)10(23)6(32-9)1-19(5-22)17(30)13(26)8(3-21)34-19/h6-18,20-30H,1-5H2/t6-,7+,8+,9+,10-,11-,12+,13+,14+,15-,16-,17-,18+,19+/m0/s1. The topological polar surface area (TPSA) is 259 Å². The Kier molecular flexibility index (Phi) is 9.22. The molecule has 0 spiro atoms. The third-order valence-corrected chi connectivity index (χ3v) is 6.71. The maximum Gasteiger partial charge on any atom is 0.186 e. The number of aliphatic hydroxyl groups excluding tert-OH is 11. The van der Waals surface area contributed by atoms with Crippen LogP contribution < -0.4 is 0 Å². The van der Waals surface area contributed by atoms with Gasteiger partial charge in [-0.15, -0.1) is 0 Å². The van der Waals surface area contributed by atoms with Crippen molar-refractivity contribution in [3.63, 3.8) is 0 Å². The van der Waals surface area contributed by atoms with Crippen molar-refractivity contribution >= 4 is 0 Å². The van der Waals surface area contributed by atoms with E-state index in [0.29, 0.717) is 0 Å². The molecule has 0 saturated carbocycles. The zero-order chi connectivity index (χ0) is 25.4. The molecule has 0 amide bonds. The van der Waals surface area contributed by atoms with Gasteiger partial charge >= 0.3 is 0 Å². The first-order valence-corrected chi connectivity index (χ1v) is 10.9. The van der Waals surface area contributed by atoms with E-state index in [1.807, 2.05) is 0 Å². The van der Waals surface area contributed by atoms with Crippen LogP contribution in [-0.4, -0.2) is 168 Å². The minimum atomic E-state index is -1.86. The van der Waals surface area contributed by atoms with Crippen molar-refractivity contribution in [1.82, 2.24) is 0 Å². The Morgan fingerprint density at radius 2 is 1.15 bits per heavy atom. The van der Waals surface area contributed by atoms with Crippen molar-refractivity contribution < 1.29 is 75.1 Å². The van der Waals surface area contributed by atoms with Crippen molar-refractivity contribution in [3.8, 4) is 0 Å². The molecule has 15 nitrogen and oxygen atoms in total. The number of ether oxygens (including phenoxy) is 4. The number of hydrogen-bond acceptors (Lipinski definition) is 15. The Labute approximate surface area is 193 Å². The van der Waals surface area contributed by atoms with Crippen LogP contribution in [0.3, 0.4) is 0 Å². The minimum absolute atomic E-state index is 0.459. The van der Waals surface area contributed by atoms with E-state index >= 15 is 0 Å². The maximum atomic E-state index is 10.4. The Hall–Kier alpha value is -0.600. The molecule has 3 aliphatic rings. The number of aliphatic hydroxyl groups is 11. The fourth-order valence-electron chi connectivity index (χ4n) is 4.53. The van der Waals surface area contributed by atoms with Crippen molar-refractivity contribution in [2.45, 2.75) is 91.6 Å². The summed E-state index contributed by atoms with van der Waals surface area (Å²) in [4.78, 5) is 0. The summed E-state index contributed by atoms with van der Waals surface area (Å²) in [5.74, 6) is 0. The SMILES string of the molecule is OC[C@H]1O[C@@H](OC[C@H]2O[C@@H](C[C@]3(CO)O[C@H](CO)[C@@H](O)[C@@H]3O)[C@H](O)[C@@H](O)[C@@H]2O)[C@@H](O)[C@@H](O)[C@H]1O. The van der Waals surface area contributed by atoms with Gasteiger partial charge in [-0.3, -0.25) is 0 Å². The molecule has 0 bridgehead atoms. The summed E-state index contributed by atoms with van der Waals surface area (Å²) in [5.41, 5.74) is -1.86. The van der Waals surface area contributed by atoms with Gasteiger partial charge in [0.2, 0.25) is 0 Å². The highest BCUT2D eigenvalue weighted by Crippen LogP contribution is 2.38. The zero-order valence-electron chi connectivity index (χ0n) is 18.1. The van der Waals surface area contributed by atoms with Crippen LogP contribution in [0.15, 0.2) is 0 Å². The molecular formula is C19H34O15. The second-order valence-electron chi connectivity index (χ2n) is 8.92. The van der Waals surface area contributed by atoms with Gasteiger partial charge in [0.05, 0.1) is 32.5 Å². The van der Waals surface area contributed by atoms with E-state index in [1.165, 1.54) is 0 Å². The first-order chi connectivity index (χ1) is 16.0. The highest BCUT2D eigenvalue weighted by molar-refractivity contribution is 5.05. The molecule has 3 heterocycles. The van der Waals surface area contributed by atoms with E-state index in [1.54, 1.807) is 0 Å². The van der Waals surface area contributed by atoms with E-state index in [0.717, 1.165) is 0 Å². The zero-order valence-corrected chi connectivity index (χ0v) is 18.1. The molecule has 0 unspecified atom stereocenters. The van der Waals surface area contributed by atoms with Crippen molar-refractivity contribution in [2.24, 2.45) is 0 Å². The van der Waals surface area contributed by atoms with Gasteiger partial charge in [0.25, 0.3) is 0 Å². The maximum absolute atomic E-state index is 10.4. The Bertz CT molecular complexity index is 653. The number of hydrogen-bond donors (Lipinski definition) is 11.